The summed E-state index contributed by atoms with van der Waals surface area (Å²) in [5.74, 6) is -0.859. The summed E-state index contributed by atoms with van der Waals surface area (Å²) < 4.78 is 18.7. The topological polar surface area (TPSA) is 58.6 Å². The zero-order valence-corrected chi connectivity index (χ0v) is 11.9. The van der Waals surface area contributed by atoms with Gasteiger partial charge in [0.1, 0.15) is 11.6 Å². The first-order valence-electron chi connectivity index (χ1n) is 6.10. The minimum absolute atomic E-state index is 0.0309. The van der Waals surface area contributed by atoms with Crippen LogP contribution in [0.4, 0.5) is 10.1 Å². The van der Waals surface area contributed by atoms with Crippen LogP contribution in [0, 0.1) is 5.82 Å². The van der Waals surface area contributed by atoms with Gasteiger partial charge in [-0.1, -0.05) is 17.7 Å². The second kappa shape index (κ2) is 6.56. The lowest BCUT2D eigenvalue weighted by atomic mass is 10.1. The maximum absolute atomic E-state index is 13.7. The van der Waals surface area contributed by atoms with Crippen LogP contribution in [0.5, 0.6) is 5.75 Å². The third-order valence-corrected chi connectivity index (χ3v) is 3.21. The van der Waals surface area contributed by atoms with Crippen LogP contribution in [0.3, 0.4) is 0 Å². The quantitative estimate of drug-likeness (QED) is 0.911. The van der Waals surface area contributed by atoms with Crippen LogP contribution in [-0.4, -0.2) is 18.1 Å². The maximum Gasteiger partial charge on any atom is 0.260 e. The van der Waals surface area contributed by atoms with Crippen molar-refractivity contribution in [1.82, 2.24) is 0 Å². The number of methoxy groups -OCH3 is 1. The lowest BCUT2D eigenvalue weighted by molar-refractivity contribution is 0.102. The second-order valence-corrected chi connectivity index (χ2v) is 4.64. The van der Waals surface area contributed by atoms with Crippen molar-refractivity contribution in [2.24, 2.45) is 0 Å². The summed E-state index contributed by atoms with van der Waals surface area (Å²) >= 11 is 5.84. The van der Waals surface area contributed by atoms with Gasteiger partial charge >= 0.3 is 0 Å². The number of carbonyl (C=O) groups is 1. The van der Waals surface area contributed by atoms with E-state index < -0.39 is 11.7 Å². The minimum Gasteiger partial charge on any atom is -0.496 e. The summed E-state index contributed by atoms with van der Waals surface area (Å²) in [7, 11) is 1.48. The summed E-state index contributed by atoms with van der Waals surface area (Å²) in [6.45, 7) is -0.243. The Balaban J connectivity index is 2.28. The minimum atomic E-state index is -0.698. The first kappa shape index (κ1) is 15.3. The van der Waals surface area contributed by atoms with Crippen molar-refractivity contribution in [2.45, 2.75) is 6.61 Å². The number of aliphatic hydroxyl groups is 1. The molecule has 0 aliphatic carbocycles. The fourth-order valence-corrected chi connectivity index (χ4v) is 2.14. The number of ether oxygens (including phenoxy) is 1. The summed E-state index contributed by atoms with van der Waals surface area (Å²) in [6.07, 6.45) is 0. The van der Waals surface area contributed by atoms with E-state index >= 15 is 0 Å². The Morgan fingerprint density at radius 1 is 1.38 bits per heavy atom. The fraction of sp³-hybridized carbons (Fsp3) is 0.133. The number of halogens is 2. The first-order chi connectivity index (χ1) is 10.1. The molecule has 4 nitrogen and oxygen atoms in total. The Morgan fingerprint density at radius 2 is 2.14 bits per heavy atom. The number of hydrogen-bond donors (Lipinski definition) is 2. The number of anilines is 1. The summed E-state index contributed by atoms with van der Waals surface area (Å²) in [6, 6.07) is 8.76. The number of benzene rings is 2. The smallest absolute Gasteiger partial charge is 0.260 e. The molecule has 0 radical (unpaired) electrons. The van der Waals surface area contributed by atoms with E-state index in [-0.39, 0.29) is 17.2 Å². The molecule has 21 heavy (non-hydrogen) atoms. The van der Waals surface area contributed by atoms with Crippen molar-refractivity contribution < 1.29 is 19.0 Å². The third kappa shape index (κ3) is 3.32. The van der Waals surface area contributed by atoms with Gasteiger partial charge in [0.15, 0.2) is 0 Å². The maximum atomic E-state index is 13.7. The van der Waals surface area contributed by atoms with Gasteiger partial charge in [-0.05, 0) is 30.3 Å². The van der Waals surface area contributed by atoms with Gasteiger partial charge in [-0.25, -0.2) is 4.39 Å². The molecule has 2 aromatic rings. The predicted molar refractivity (Wildman–Crippen MR) is 78.3 cm³/mol. The summed E-state index contributed by atoms with van der Waals surface area (Å²) in [5.41, 5.74) is 0.694. The van der Waals surface area contributed by atoms with E-state index in [0.717, 1.165) is 6.07 Å². The third-order valence-electron chi connectivity index (χ3n) is 2.90. The molecule has 0 spiro atoms. The molecule has 0 aliphatic rings. The lowest BCUT2D eigenvalue weighted by Gasteiger charge is -2.11. The van der Waals surface area contributed by atoms with Gasteiger partial charge in [0.25, 0.3) is 5.91 Å². The van der Waals surface area contributed by atoms with Gasteiger partial charge in [-0.15, -0.1) is 0 Å². The van der Waals surface area contributed by atoms with Crippen molar-refractivity contribution in [1.29, 1.82) is 0 Å². The van der Waals surface area contributed by atoms with Crippen LogP contribution in [0.1, 0.15) is 15.9 Å². The molecule has 0 heterocycles. The number of nitrogens with one attached hydrogen (secondary N) is 1. The molecule has 0 fully saturated rings. The first-order valence-corrected chi connectivity index (χ1v) is 6.47. The van der Waals surface area contributed by atoms with E-state index in [2.05, 4.69) is 5.32 Å². The highest BCUT2D eigenvalue weighted by Crippen LogP contribution is 2.24. The van der Waals surface area contributed by atoms with Gasteiger partial charge in [-0.2, -0.15) is 0 Å². The molecular formula is C15H13ClFNO3. The summed E-state index contributed by atoms with van der Waals surface area (Å²) in [5, 5.41) is 11.8. The van der Waals surface area contributed by atoms with Gasteiger partial charge in [0.2, 0.25) is 0 Å². The highest BCUT2D eigenvalue weighted by Gasteiger charge is 2.16. The molecule has 1 amide bonds. The molecule has 6 heteroatoms. The molecule has 2 N–H and O–H groups in total. The molecule has 2 rings (SSSR count). The SMILES string of the molecule is COc1ccc(NC(=O)c2c(F)cccc2Cl)cc1CO. The van der Waals surface area contributed by atoms with Gasteiger partial charge in [-0.3, -0.25) is 4.79 Å². The highest BCUT2D eigenvalue weighted by molar-refractivity contribution is 6.34. The van der Waals surface area contributed by atoms with Crippen LogP contribution in [0.25, 0.3) is 0 Å². The molecule has 0 aliphatic heterocycles. The fourth-order valence-electron chi connectivity index (χ4n) is 1.89. The molecular weight excluding hydrogens is 297 g/mol. The monoisotopic (exact) mass is 309 g/mol. The Labute approximate surface area is 126 Å². The van der Waals surface area contributed by atoms with Crippen molar-refractivity contribution >= 4 is 23.2 Å². The van der Waals surface area contributed by atoms with Gasteiger partial charge in [0, 0.05) is 11.3 Å². The highest BCUT2D eigenvalue weighted by atomic mass is 35.5. The van der Waals surface area contributed by atoms with E-state index in [9.17, 15) is 14.3 Å². The van der Waals surface area contributed by atoms with Gasteiger partial charge < -0.3 is 15.2 Å². The number of amides is 1. The van der Waals surface area contributed by atoms with Crippen LogP contribution in [0.2, 0.25) is 5.02 Å². The second-order valence-electron chi connectivity index (χ2n) is 4.24. The number of carbonyl (C=O) groups excluding carboxylic acids is 1. The Morgan fingerprint density at radius 3 is 2.76 bits per heavy atom. The summed E-state index contributed by atoms with van der Waals surface area (Å²) in [4.78, 5) is 12.1. The zero-order chi connectivity index (χ0) is 15.4. The average molecular weight is 310 g/mol. The van der Waals surface area contributed by atoms with Crippen LogP contribution in [-0.2, 0) is 6.61 Å². The molecule has 0 aromatic heterocycles. The molecule has 110 valence electrons. The van der Waals surface area contributed by atoms with E-state index in [4.69, 9.17) is 16.3 Å². The molecule has 2 aromatic carbocycles. The Kier molecular flexibility index (Phi) is 4.77. The Bertz CT molecular complexity index is 656. The molecule has 0 saturated heterocycles. The van der Waals surface area contributed by atoms with Crippen molar-refractivity contribution in [3.63, 3.8) is 0 Å². The van der Waals surface area contributed by atoms with E-state index in [1.165, 1.54) is 19.2 Å². The van der Waals surface area contributed by atoms with E-state index in [1.54, 1.807) is 18.2 Å². The Hall–Kier alpha value is -2.11. The number of aliphatic hydroxyl groups excluding tert-OH is 1. The predicted octanol–water partition coefficient (Wildman–Crippen LogP) is 3.23. The molecule has 0 unspecified atom stereocenters. The van der Waals surface area contributed by atoms with Crippen LogP contribution >= 0.6 is 11.6 Å². The van der Waals surface area contributed by atoms with Crippen LogP contribution in [0.15, 0.2) is 36.4 Å². The van der Waals surface area contributed by atoms with Crippen LogP contribution < -0.4 is 10.1 Å². The largest absolute Gasteiger partial charge is 0.496 e. The average Bonchev–Trinajstić information content (AvgIpc) is 2.46. The van der Waals surface area contributed by atoms with Crippen molar-refractivity contribution in [3.05, 3.63) is 58.4 Å². The van der Waals surface area contributed by atoms with E-state index in [1.807, 2.05) is 0 Å². The normalized spacial score (nSPS) is 10.3. The van der Waals surface area contributed by atoms with E-state index in [0.29, 0.717) is 17.0 Å². The van der Waals surface area contributed by atoms with Gasteiger partial charge in [0.05, 0.1) is 24.3 Å². The van der Waals surface area contributed by atoms with Crippen molar-refractivity contribution in [2.75, 3.05) is 12.4 Å². The number of hydrogen-bond acceptors (Lipinski definition) is 3. The number of rotatable bonds is 4. The molecule has 0 atom stereocenters. The zero-order valence-electron chi connectivity index (χ0n) is 11.2. The molecule has 0 bridgehead atoms. The van der Waals surface area contributed by atoms with Crippen molar-refractivity contribution in [3.8, 4) is 5.75 Å². The molecule has 0 saturated carbocycles. The standard InChI is InChI=1S/C15H13ClFNO3/c1-21-13-6-5-10(7-9(13)8-19)18-15(20)14-11(16)3-2-4-12(14)17/h2-7,19H,8H2,1H3,(H,18,20). The lowest BCUT2D eigenvalue weighted by Crippen LogP contribution is -2.14.